The number of nitrogens with one attached hydrogen (secondary N) is 1. The normalized spacial score (nSPS) is 16.5. The molecule has 2 aromatic carbocycles. The molecule has 146 valence electrons. The highest BCUT2D eigenvalue weighted by molar-refractivity contribution is 8.18. The van der Waals surface area contributed by atoms with Gasteiger partial charge in [-0.1, -0.05) is 24.6 Å². The summed E-state index contributed by atoms with van der Waals surface area (Å²) in [6, 6.07) is 12.8. The van der Waals surface area contributed by atoms with Crippen molar-refractivity contribution in [1.29, 1.82) is 0 Å². The minimum atomic E-state index is -0.179. The molecule has 0 atom stereocenters. The predicted octanol–water partition coefficient (Wildman–Crippen LogP) is 5.42. The minimum Gasteiger partial charge on any atom is -0.490 e. The Morgan fingerprint density at radius 1 is 1.11 bits per heavy atom. The molecule has 0 bridgehead atoms. The summed E-state index contributed by atoms with van der Waals surface area (Å²) < 4.78 is 11.4. The number of rotatable bonds is 7. The molecule has 1 aliphatic heterocycles. The van der Waals surface area contributed by atoms with Crippen LogP contribution in [-0.2, 0) is 4.79 Å². The van der Waals surface area contributed by atoms with Crippen molar-refractivity contribution in [3.8, 4) is 11.5 Å². The highest BCUT2D eigenvalue weighted by atomic mass is 35.5. The average Bonchev–Trinajstić information content (AvgIpc) is 3.02. The van der Waals surface area contributed by atoms with E-state index >= 15 is 0 Å². The van der Waals surface area contributed by atoms with Crippen LogP contribution in [0.3, 0.4) is 0 Å². The molecule has 0 aliphatic carbocycles. The first kappa shape index (κ1) is 20.3. The molecule has 1 N–H and O–H groups in total. The van der Waals surface area contributed by atoms with Crippen LogP contribution in [0.2, 0.25) is 5.02 Å². The monoisotopic (exact) mass is 416 g/mol. The van der Waals surface area contributed by atoms with Gasteiger partial charge < -0.3 is 14.8 Å². The Morgan fingerprint density at radius 3 is 2.61 bits per heavy atom. The van der Waals surface area contributed by atoms with E-state index in [0.717, 1.165) is 17.7 Å². The number of carbonyl (C=O) groups excluding carboxylic acids is 1. The van der Waals surface area contributed by atoms with E-state index in [4.69, 9.17) is 21.1 Å². The first-order valence-electron chi connectivity index (χ1n) is 9.04. The van der Waals surface area contributed by atoms with E-state index in [2.05, 4.69) is 17.2 Å². The molecule has 7 heteroatoms. The molecule has 0 saturated carbocycles. The van der Waals surface area contributed by atoms with Crippen molar-refractivity contribution in [2.75, 3.05) is 13.2 Å². The van der Waals surface area contributed by atoms with Gasteiger partial charge in [0.25, 0.3) is 5.91 Å². The number of halogens is 1. The molecule has 5 nitrogen and oxygen atoms in total. The SMILES string of the molecule is CCCOc1ccc(C=C2SC(=Nc3ccc(Cl)cc3)NC2=O)cc1OCC. The number of thioether (sulfide) groups is 1. The number of carbonyl (C=O) groups is 1. The first-order chi connectivity index (χ1) is 13.6. The molecule has 28 heavy (non-hydrogen) atoms. The standard InChI is InChI=1S/C21H21ClN2O3S/c1-3-11-27-17-10-5-14(12-18(17)26-4-2)13-19-20(25)24-21(28-19)23-16-8-6-15(22)7-9-16/h5-10,12-13H,3-4,11H2,1-2H3,(H,23,24,25). The molecule has 1 amide bonds. The zero-order valence-electron chi connectivity index (χ0n) is 15.7. The van der Waals surface area contributed by atoms with E-state index in [1.165, 1.54) is 11.8 Å². The van der Waals surface area contributed by atoms with Crippen LogP contribution in [0.5, 0.6) is 11.5 Å². The fourth-order valence-electron chi connectivity index (χ4n) is 2.48. The summed E-state index contributed by atoms with van der Waals surface area (Å²) in [4.78, 5) is 17.3. The van der Waals surface area contributed by atoms with Crippen LogP contribution in [-0.4, -0.2) is 24.3 Å². The second-order valence-electron chi connectivity index (χ2n) is 5.95. The topological polar surface area (TPSA) is 59.9 Å². The summed E-state index contributed by atoms with van der Waals surface area (Å²) in [5, 5.41) is 3.96. The van der Waals surface area contributed by atoms with Crippen LogP contribution in [0.25, 0.3) is 6.08 Å². The van der Waals surface area contributed by atoms with Gasteiger partial charge in [0, 0.05) is 5.02 Å². The fraction of sp³-hybridized carbons (Fsp3) is 0.238. The van der Waals surface area contributed by atoms with Crippen molar-refractivity contribution in [3.05, 3.63) is 58.0 Å². The number of hydrogen-bond acceptors (Lipinski definition) is 5. The third-order valence-corrected chi connectivity index (χ3v) is 4.90. The zero-order chi connectivity index (χ0) is 19.9. The van der Waals surface area contributed by atoms with Crippen LogP contribution >= 0.6 is 23.4 Å². The largest absolute Gasteiger partial charge is 0.490 e. The Bertz CT molecular complexity index is 910. The van der Waals surface area contributed by atoms with Gasteiger partial charge in [0.05, 0.1) is 23.8 Å². The zero-order valence-corrected chi connectivity index (χ0v) is 17.3. The van der Waals surface area contributed by atoms with E-state index in [-0.39, 0.29) is 5.91 Å². The van der Waals surface area contributed by atoms with E-state index in [9.17, 15) is 4.79 Å². The summed E-state index contributed by atoms with van der Waals surface area (Å²) in [7, 11) is 0. The summed E-state index contributed by atoms with van der Waals surface area (Å²) in [5.41, 5.74) is 1.59. The van der Waals surface area contributed by atoms with Gasteiger partial charge in [0.2, 0.25) is 0 Å². The summed E-state index contributed by atoms with van der Waals surface area (Å²) in [5.74, 6) is 1.20. The molecule has 0 spiro atoms. The number of amides is 1. The molecule has 2 aromatic rings. The lowest BCUT2D eigenvalue weighted by Crippen LogP contribution is -2.19. The van der Waals surface area contributed by atoms with Gasteiger partial charge in [-0.05, 0) is 73.1 Å². The lowest BCUT2D eigenvalue weighted by molar-refractivity contribution is -0.115. The van der Waals surface area contributed by atoms with Crippen LogP contribution in [0.15, 0.2) is 52.4 Å². The lowest BCUT2D eigenvalue weighted by atomic mass is 10.2. The van der Waals surface area contributed by atoms with Gasteiger partial charge in [-0.3, -0.25) is 4.79 Å². The Kier molecular flexibility index (Phi) is 7.01. The molecule has 1 aliphatic rings. The molecule has 1 saturated heterocycles. The van der Waals surface area contributed by atoms with Crippen LogP contribution in [0, 0.1) is 0 Å². The van der Waals surface area contributed by atoms with Crippen molar-refractivity contribution in [2.45, 2.75) is 20.3 Å². The minimum absolute atomic E-state index is 0.179. The lowest BCUT2D eigenvalue weighted by Gasteiger charge is -2.12. The highest BCUT2D eigenvalue weighted by Gasteiger charge is 2.24. The second-order valence-corrected chi connectivity index (χ2v) is 7.41. The van der Waals surface area contributed by atoms with Gasteiger partial charge in [-0.15, -0.1) is 0 Å². The maximum absolute atomic E-state index is 12.3. The summed E-state index contributed by atoms with van der Waals surface area (Å²) in [6.45, 7) is 5.14. The quantitative estimate of drug-likeness (QED) is 0.612. The van der Waals surface area contributed by atoms with Gasteiger partial charge in [-0.25, -0.2) is 4.99 Å². The van der Waals surface area contributed by atoms with Gasteiger partial charge in [0.1, 0.15) is 0 Å². The number of ether oxygens (including phenoxy) is 2. The van der Waals surface area contributed by atoms with E-state index in [1.54, 1.807) is 24.3 Å². The number of benzene rings is 2. The Labute approximate surface area is 173 Å². The molecular formula is C21H21ClN2O3S. The molecule has 0 aromatic heterocycles. The molecule has 1 fully saturated rings. The van der Waals surface area contributed by atoms with Crippen molar-refractivity contribution in [3.63, 3.8) is 0 Å². The van der Waals surface area contributed by atoms with Crippen LogP contribution in [0.1, 0.15) is 25.8 Å². The third-order valence-electron chi connectivity index (χ3n) is 3.74. The average molecular weight is 417 g/mol. The number of nitrogens with zero attached hydrogens (tertiary/aromatic N) is 1. The number of aliphatic imine (C=N–C) groups is 1. The Balaban J connectivity index is 1.79. The Hall–Kier alpha value is -2.44. The number of amidine groups is 1. The highest BCUT2D eigenvalue weighted by Crippen LogP contribution is 2.32. The smallest absolute Gasteiger partial charge is 0.264 e. The van der Waals surface area contributed by atoms with Gasteiger partial charge in [0.15, 0.2) is 16.7 Å². The third kappa shape index (κ3) is 5.30. The molecule has 0 radical (unpaired) electrons. The summed E-state index contributed by atoms with van der Waals surface area (Å²) in [6.07, 6.45) is 2.74. The first-order valence-corrected chi connectivity index (χ1v) is 10.2. The van der Waals surface area contributed by atoms with Crippen molar-refractivity contribution in [1.82, 2.24) is 5.32 Å². The molecular weight excluding hydrogens is 396 g/mol. The maximum Gasteiger partial charge on any atom is 0.264 e. The fourth-order valence-corrected chi connectivity index (χ4v) is 3.45. The molecule has 3 rings (SSSR count). The van der Waals surface area contributed by atoms with E-state index < -0.39 is 0 Å². The predicted molar refractivity (Wildman–Crippen MR) is 116 cm³/mol. The van der Waals surface area contributed by atoms with Crippen LogP contribution < -0.4 is 14.8 Å². The second kappa shape index (κ2) is 9.66. The van der Waals surface area contributed by atoms with Crippen molar-refractivity contribution in [2.24, 2.45) is 4.99 Å². The molecule has 0 unspecified atom stereocenters. The van der Waals surface area contributed by atoms with E-state index in [1.807, 2.05) is 31.2 Å². The maximum atomic E-state index is 12.3. The van der Waals surface area contributed by atoms with Gasteiger partial charge in [-0.2, -0.15) is 0 Å². The molecule has 1 heterocycles. The van der Waals surface area contributed by atoms with Crippen molar-refractivity contribution >= 4 is 46.2 Å². The van der Waals surface area contributed by atoms with Crippen LogP contribution in [0.4, 0.5) is 5.69 Å². The Morgan fingerprint density at radius 2 is 1.89 bits per heavy atom. The van der Waals surface area contributed by atoms with E-state index in [0.29, 0.717) is 39.8 Å². The summed E-state index contributed by atoms with van der Waals surface area (Å²) >= 11 is 7.18. The van der Waals surface area contributed by atoms with Crippen molar-refractivity contribution < 1.29 is 14.3 Å². The van der Waals surface area contributed by atoms with Gasteiger partial charge >= 0.3 is 0 Å². The number of hydrogen-bond donors (Lipinski definition) is 1.